The molecule has 0 bridgehead atoms. The molecule has 0 saturated heterocycles. The van der Waals surface area contributed by atoms with Gasteiger partial charge in [0.2, 0.25) is 0 Å². The van der Waals surface area contributed by atoms with Crippen molar-refractivity contribution in [2.75, 3.05) is 0 Å². The van der Waals surface area contributed by atoms with E-state index < -0.39 is 12.1 Å². The molecular formula is C13H15FO2. The Bertz CT molecular complexity index is 374. The lowest BCUT2D eigenvalue weighted by Crippen LogP contribution is -2.06. The lowest BCUT2D eigenvalue weighted by atomic mass is 10.1. The Morgan fingerprint density at radius 2 is 2.25 bits per heavy atom. The number of halogens is 1. The molecular weight excluding hydrogens is 207 g/mol. The number of esters is 1. The molecule has 1 rings (SSSR count). The molecule has 0 aliphatic carbocycles. The van der Waals surface area contributed by atoms with Gasteiger partial charge in [0.1, 0.15) is 11.9 Å². The zero-order valence-corrected chi connectivity index (χ0v) is 9.28. The first-order valence-corrected chi connectivity index (χ1v) is 5.26. The summed E-state index contributed by atoms with van der Waals surface area (Å²) in [5, 5.41) is 0. The minimum Gasteiger partial charge on any atom is -0.423 e. The summed E-state index contributed by atoms with van der Waals surface area (Å²) < 4.78 is 18.7. The van der Waals surface area contributed by atoms with E-state index in [-0.39, 0.29) is 5.75 Å². The molecule has 0 amide bonds. The van der Waals surface area contributed by atoms with Gasteiger partial charge in [-0.05, 0) is 12.5 Å². The van der Waals surface area contributed by atoms with Gasteiger partial charge in [-0.3, -0.25) is 0 Å². The van der Waals surface area contributed by atoms with Crippen molar-refractivity contribution in [3.05, 3.63) is 42.5 Å². The van der Waals surface area contributed by atoms with Gasteiger partial charge in [0.25, 0.3) is 0 Å². The van der Waals surface area contributed by atoms with Crippen LogP contribution in [0.1, 0.15) is 31.5 Å². The molecule has 0 aliphatic rings. The van der Waals surface area contributed by atoms with Gasteiger partial charge in [0.05, 0.1) is 0 Å². The molecule has 0 spiro atoms. The van der Waals surface area contributed by atoms with Crippen LogP contribution >= 0.6 is 0 Å². The van der Waals surface area contributed by atoms with Gasteiger partial charge < -0.3 is 4.74 Å². The van der Waals surface area contributed by atoms with Gasteiger partial charge in [0.15, 0.2) is 0 Å². The molecule has 0 heterocycles. The van der Waals surface area contributed by atoms with Crippen LogP contribution in [-0.2, 0) is 4.79 Å². The third-order valence-electron chi connectivity index (χ3n) is 2.18. The summed E-state index contributed by atoms with van der Waals surface area (Å²) in [6, 6.07) is 6.64. The second-order valence-electron chi connectivity index (χ2n) is 3.42. The standard InChI is InChI=1S/C13H15FO2/c1-3-7-11(14)10-8-5-6-9-12(10)16-13(15)4-2/h4-6,8-9,11H,2-3,7H2,1H3. The Hall–Kier alpha value is -1.64. The van der Waals surface area contributed by atoms with Crippen LogP contribution in [0.3, 0.4) is 0 Å². The van der Waals surface area contributed by atoms with Gasteiger partial charge in [-0.1, -0.05) is 38.1 Å². The van der Waals surface area contributed by atoms with Gasteiger partial charge in [-0.2, -0.15) is 0 Å². The highest BCUT2D eigenvalue weighted by Crippen LogP contribution is 2.30. The summed E-state index contributed by atoms with van der Waals surface area (Å²) in [7, 11) is 0. The molecule has 0 radical (unpaired) electrons. The fourth-order valence-corrected chi connectivity index (χ4v) is 1.39. The Morgan fingerprint density at radius 1 is 1.56 bits per heavy atom. The fourth-order valence-electron chi connectivity index (χ4n) is 1.39. The van der Waals surface area contributed by atoms with Crippen molar-refractivity contribution in [3.63, 3.8) is 0 Å². The van der Waals surface area contributed by atoms with Crippen LogP contribution in [0.5, 0.6) is 5.75 Å². The Kier molecular flexibility index (Phi) is 4.70. The summed E-state index contributed by atoms with van der Waals surface area (Å²) in [4.78, 5) is 11.1. The minimum absolute atomic E-state index is 0.272. The van der Waals surface area contributed by atoms with E-state index in [0.717, 1.165) is 12.5 Å². The number of rotatable bonds is 5. The molecule has 86 valence electrons. The van der Waals surface area contributed by atoms with E-state index in [1.807, 2.05) is 6.92 Å². The number of carbonyl (C=O) groups excluding carboxylic acids is 1. The fraction of sp³-hybridized carbons (Fsp3) is 0.308. The smallest absolute Gasteiger partial charge is 0.335 e. The van der Waals surface area contributed by atoms with E-state index >= 15 is 0 Å². The van der Waals surface area contributed by atoms with Crippen LogP contribution < -0.4 is 4.74 Å². The molecule has 16 heavy (non-hydrogen) atoms. The molecule has 1 aromatic rings. The summed E-state index contributed by atoms with van der Waals surface area (Å²) in [5.74, 6) is -0.301. The molecule has 2 nitrogen and oxygen atoms in total. The van der Waals surface area contributed by atoms with Crippen LogP contribution in [-0.4, -0.2) is 5.97 Å². The highest BCUT2D eigenvalue weighted by atomic mass is 19.1. The van der Waals surface area contributed by atoms with Crippen molar-refractivity contribution in [2.45, 2.75) is 25.9 Å². The molecule has 0 aliphatic heterocycles. The normalized spacial score (nSPS) is 11.9. The molecule has 0 saturated carbocycles. The van der Waals surface area contributed by atoms with Gasteiger partial charge in [-0.25, -0.2) is 9.18 Å². The van der Waals surface area contributed by atoms with E-state index in [1.165, 1.54) is 0 Å². The Balaban J connectivity index is 2.90. The van der Waals surface area contributed by atoms with Crippen LogP contribution in [0, 0.1) is 0 Å². The quantitative estimate of drug-likeness (QED) is 0.432. The SMILES string of the molecule is C=CC(=O)Oc1ccccc1C(F)CCC. The van der Waals surface area contributed by atoms with Gasteiger partial charge >= 0.3 is 5.97 Å². The second kappa shape index (κ2) is 6.05. The van der Waals surface area contributed by atoms with E-state index in [4.69, 9.17) is 4.74 Å². The third kappa shape index (κ3) is 3.19. The molecule has 1 aromatic carbocycles. The third-order valence-corrected chi connectivity index (χ3v) is 2.18. The maximum Gasteiger partial charge on any atom is 0.335 e. The largest absolute Gasteiger partial charge is 0.423 e. The number of para-hydroxylation sites is 1. The summed E-state index contributed by atoms with van der Waals surface area (Å²) in [5.41, 5.74) is 0.416. The van der Waals surface area contributed by atoms with Crippen molar-refractivity contribution in [3.8, 4) is 5.75 Å². The van der Waals surface area contributed by atoms with Crippen LogP contribution in [0.4, 0.5) is 4.39 Å². The second-order valence-corrected chi connectivity index (χ2v) is 3.42. The first kappa shape index (κ1) is 12.4. The van der Waals surface area contributed by atoms with Gasteiger partial charge in [-0.15, -0.1) is 0 Å². The zero-order valence-electron chi connectivity index (χ0n) is 9.28. The molecule has 1 unspecified atom stereocenters. The molecule has 1 atom stereocenters. The first-order valence-electron chi connectivity index (χ1n) is 5.26. The number of hydrogen-bond acceptors (Lipinski definition) is 2. The van der Waals surface area contributed by atoms with Crippen molar-refractivity contribution in [1.82, 2.24) is 0 Å². The zero-order chi connectivity index (χ0) is 12.0. The summed E-state index contributed by atoms with van der Waals surface area (Å²) >= 11 is 0. The van der Waals surface area contributed by atoms with E-state index in [2.05, 4.69) is 6.58 Å². The first-order chi connectivity index (χ1) is 7.69. The monoisotopic (exact) mass is 222 g/mol. The van der Waals surface area contributed by atoms with Crippen molar-refractivity contribution >= 4 is 5.97 Å². The predicted octanol–water partition coefficient (Wildman–Crippen LogP) is 3.59. The van der Waals surface area contributed by atoms with E-state index in [0.29, 0.717) is 12.0 Å². The average molecular weight is 222 g/mol. The van der Waals surface area contributed by atoms with Crippen molar-refractivity contribution < 1.29 is 13.9 Å². The number of alkyl halides is 1. The number of ether oxygens (including phenoxy) is 1. The predicted molar refractivity (Wildman–Crippen MR) is 61.0 cm³/mol. The molecule has 0 fully saturated rings. The lowest BCUT2D eigenvalue weighted by molar-refractivity contribution is -0.129. The van der Waals surface area contributed by atoms with Gasteiger partial charge in [0, 0.05) is 11.6 Å². The topological polar surface area (TPSA) is 26.3 Å². The average Bonchev–Trinajstić information content (AvgIpc) is 2.30. The molecule has 0 aromatic heterocycles. The number of hydrogen-bond donors (Lipinski definition) is 0. The van der Waals surface area contributed by atoms with Crippen molar-refractivity contribution in [2.24, 2.45) is 0 Å². The maximum absolute atomic E-state index is 13.7. The minimum atomic E-state index is -1.10. The number of benzene rings is 1. The summed E-state index contributed by atoms with van der Waals surface area (Å²) in [6.07, 6.45) is 1.12. The van der Waals surface area contributed by atoms with Crippen molar-refractivity contribution in [1.29, 1.82) is 0 Å². The highest BCUT2D eigenvalue weighted by Gasteiger charge is 2.15. The van der Waals surface area contributed by atoms with E-state index in [9.17, 15) is 9.18 Å². The Morgan fingerprint density at radius 3 is 2.88 bits per heavy atom. The van der Waals surface area contributed by atoms with Crippen LogP contribution in [0.2, 0.25) is 0 Å². The molecule has 0 N–H and O–H groups in total. The highest BCUT2D eigenvalue weighted by molar-refractivity contribution is 5.83. The van der Waals surface area contributed by atoms with Crippen LogP contribution in [0.25, 0.3) is 0 Å². The Labute approximate surface area is 94.7 Å². The van der Waals surface area contributed by atoms with Crippen LogP contribution in [0.15, 0.2) is 36.9 Å². The molecule has 3 heteroatoms. The van der Waals surface area contributed by atoms with E-state index in [1.54, 1.807) is 24.3 Å². The lowest BCUT2D eigenvalue weighted by Gasteiger charge is -2.11. The maximum atomic E-state index is 13.7. The number of carbonyl (C=O) groups is 1. The summed E-state index contributed by atoms with van der Waals surface area (Å²) in [6.45, 7) is 5.21.